The summed E-state index contributed by atoms with van der Waals surface area (Å²) in [6, 6.07) is 10.7. The van der Waals surface area contributed by atoms with Crippen LogP contribution < -0.4 is 9.62 Å². The number of carbonyl (C=O) groups is 2. The average Bonchev–Trinajstić information content (AvgIpc) is 2.78. The summed E-state index contributed by atoms with van der Waals surface area (Å²) in [5.41, 5.74) is 0.801. The molecule has 0 aliphatic carbocycles. The quantitative estimate of drug-likeness (QED) is 0.379. The molecule has 2 atom stereocenters. The van der Waals surface area contributed by atoms with E-state index in [1.807, 2.05) is 13.8 Å². The molecule has 2 aromatic carbocycles. The van der Waals surface area contributed by atoms with Gasteiger partial charge in [-0.3, -0.25) is 13.9 Å². The third-order valence-corrected chi connectivity index (χ3v) is 7.89. The van der Waals surface area contributed by atoms with Crippen LogP contribution in [0.5, 0.6) is 0 Å². The lowest BCUT2D eigenvalue weighted by atomic mass is 10.1. The van der Waals surface area contributed by atoms with Gasteiger partial charge in [0.25, 0.3) is 0 Å². The van der Waals surface area contributed by atoms with E-state index in [9.17, 15) is 18.0 Å². The molecule has 0 saturated heterocycles. The van der Waals surface area contributed by atoms with E-state index in [4.69, 9.17) is 23.2 Å². The normalized spacial score (nSPS) is 13.1. The molecule has 0 radical (unpaired) electrons. The van der Waals surface area contributed by atoms with Gasteiger partial charge in [0, 0.05) is 32.7 Å². The van der Waals surface area contributed by atoms with Gasteiger partial charge in [-0.1, -0.05) is 65.1 Å². The molecule has 0 aromatic heterocycles. The zero-order valence-corrected chi connectivity index (χ0v) is 24.0. The second-order valence-corrected chi connectivity index (χ2v) is 11.9. The first-order chi connectivity index (χ1) is 16.4. The Morgan fingerprint density at radius 1 is 1.06 bits per heavy atom. The smallest absolute Gasteiger partial charge is 0.244 e. The summed E-state index contributed by atoms with van der Waals surface area (Å²) < 4.78 is 27.0. The van der Waals surface area contributed by atoms with Crippen LogP contribution in [0.25, 0.3) is 0 Å². The molecular formula is C24H30BrCl2N3O4S. The van der Waals surface area contributed by atoms with Gasteiger partial charge >= 0.3 is 0 Å². The van der Waals surface area contributed by atoms with Crippen LogP contribution in [0.2, 0.25) is 10.0 Å². The molecule has 35 heavy (non-hydrogen) atoms. The fraction of sp³-hybridized carbons (Fsp3) is 0.417. The molecule has 11 heteroatoms. The largest absolute Gasteiger partial charge is 0.352 e. The van der Waals surface area contributed by atoms with Gasteiger partial charge in [0.05, 0.1) is 11.9 Å². The van der Waals surface area contributed by atoms with Gasteiger partial charge in [-0.05, 0) is 50.1 Å². The minimum Gasteiger partial charge on any atom is -0.352 e. The number of sulfonamides is 1. The minimum atomic E-state index is -3.82. The number of rotatable bonds is 11. The molecule has 2 rings (SSSR count). The van der Waals surface area contributed by atoms with Crippen LogP contribution in [0.15, 0.2) is 46.9 Å². The van der Waals surface area contributed by atoms with Gasteiger partial charge in [0.15, 0.2) is 0 Å². The number of hydrogen-bond donors (Lipinski definition) is 1. The summed E-state index contributed by atoms with van der Waals surface area (Å²) in [4.78, 5) is 28.2. The highest BCUT2D eigenvalue weighted by Crippen LogP contribution is 2.28. The molecular weight excluding hydrogens is 577 g/mol. The minimum absolute atomic E-state index is 0.0557. The second-order valence-electron chi connectivity index (χ2n) is 8.21. The van der Waals surface area contributed by atoms with E-state index >= 15 is 0 Å². The van der Waals surface area contributed by atoms with Gasteiger partial charge in [-0.25, -0.2) is 8.42 Å². The Morgan fingerprint density at radius 2 is 1.66 bits per heavy atom. The predicted octanol–water partition coefficient (Wildman–Crippen LogP) is 5.24. The van der Waals surface area contributed by atoms with Crippen LogP contribution in [0.1, 0.15) is 39.2 Å². The Bertz CT molecular complexity index is 1140. The Kier molecular flexibility index (Phi) is 10.9. The SMILES string of the molecule is CC[C@@H](C)NC(=O)[C@H](CC)N(Cc1c(Cl)cccc1Cl)C(=O)CN(c1cccc(Br)c1)S(C)(=O)=O. The van der Waals surface area contributed by atoms with E-state index in [1.165, 1.54) is 4.90 Å². The summed E-state index contributed by atoms with van der Waals surface area (Å²) in [6.07, 6.45) is 2.06. The lowest BCUT2D eigenvalue weighted by Crippen LogP contribution is -2.53. The number of benzene rings is 2. The molecule has 0 aliphatic heterocycles. The van der Waals surface area contributed by atoms with Crippen molar-refractivity contribution in [2.45, 2.75) is 52.2 Å². The Morgan fingerprint density at radius 3 is 2.17 bits per heavy atom. The molecule has 2 amide bonds. The molecule has 0 spiro atoms. The average molecular weight is 607 g/mol. The van der Waals surface area contributed by atoms with Gasteiger partial charge < -0.3 is 10.2 Å². The zero-order valence-electron chi connectivity index (χ0n) is 20.1. The van der Waals surface area contributed by atoms with E-state index < -0.39 is 28.5 Å². The number of nitrogens with zero attached hydrogens (tertiary/aromatic N) is 2. The monoisotopic (exact) mass is 605 g/mol. The van der Waals surface area contributed by atoms with Crippen LogP contribution >= 0.6 is 39.1 Å². The lowest BCUT2D eigenvalue weighted by molar-refractivity contribution is -0.140. The van der Waals surface area contributed by atoms with Gasteiger partial charge in [0.1, 0.15) is 12.6 Å². The molecule has 2 aromatic rings. The first kappa shape index (κ1) is 29.4. The summed E-state index contributed by atoms with van der Waals surface area (Å²) in [5.74, 6) is -0.885. The number of hydrogen-bond acceptors (Lipinski definition) is 4. The maximum Gasteiger partial charge on any atom is 0.244 e. The molecule has 0 heterocycles. The van der Waals surface area contributed by atoms with Gasteiger partial charge in [-0.15, -0.1) is 0 Å². The molecule has 0 aliphatic rings. The number of amides is 2. The summed E-state index contributed by atoms with van der Waals surface area (Å²) in [7, 11) is -3.82. The Hall–Kier alpha value is -1.81. The van der Waals surface area contributed by atoms with Crippen molar-refractivity contribution in [1.82, 2.24) is 10.2 Å². The fourth-order valence-corrected chi connectivity index (χ4v) is 5.20. The van der Waals surface area contributed by atoms with Gasteiger partial charge in [-0.2, -0.15) is 0 Å². The Balaban J connectivity index is 2.50. The fourth-order valence-electron chi connectivity index (χ4n) is 3.46. The van der Waals surface area contributed by atoms with Crippen LogP contribution in [0.3, 0.4) is 0 Å². The van der Waals surface area contributed by atoms with Crippen molar-refractivity contribution in [3.63, 3.8) is 0 Å². The van der Waals surface area contributed by atoms with E-state index in [2.05, 4.69) is 21.2 Å². The molecule has 0 unspecified atom stereocenters. The van der Waals surface area contributed by atoms with E-state index in [0.717, 1.165) is 17.0 Å². The maximum atomic E-state index is 13.7. The van der Waals surface area contributed by atoms with E-state index in [1.54, 1.807) is 49.4 Å². The van der Waals surface area contributed by atoms with Crippen molar-refractivity contribution in [3.05, 3.63) is 62.5 Å². The molecule has 1 N–H and O–H groups in total. The molecule has 0 saturated carbocycles. The topological polar surface area (TPSA) is 86.8 Å². The Labute approximate surface area is 225 Å². The van der Waals surface area contributed by atoms with Crippen molar-refractivity contribution < 1.29 is 18.0 Å². The first-order valence-corrected chi connectivity index (χ1v) is 14.5. The number of anilines is 1. The van der Waals surface area contributed by atoms with Crippen LogP contribution in [0, 0.1) is 0 Å². The standard InChI is InChI=1S/C24H30BrCl2N3O4S/c1-5-16(3)28-24(32)22(6-2)29(14-19-20(26)11-8-12-21(19)27)23(31)15-30(35(4,33)34)18-10-7-9-17(25)13-18/h7-13,16,22H,5-6,14-15H2,1-4H3,(H,28,32)/t16-,22+/m1/s1. The molecule has 0 fully saturated rings. The van der Waals surface area contributed by atoms with Crippen molar-refractivity contribution in [2.24, 2.45) is 0 Å². The highest BCUT2D eigenvalue weighted by atomic mass is 79.9. The first-order valence-electron chi connectivity index (χ1n) is 11.1. The lowest BCUT2D eigenvalue weighted by Gasteiger charge is -2.33. The highest BCUT2D eigenvalue weighted by Gasteiger charge is 2.33. The van der Waals surface area contributed by atoms with Crippen molar-refractivity contribution in [2.75, 3.05) is 17.1 Å². The molecule has 0 bridgehead atoms. The van der Waals surface area contributed by atoms with Crippen molar-refractivity contribution >= 4 is 66.7 Å². The zero-order chi connectivity index (χ0) is 26.3. The number of halogens is 3. The van der Waals surface area contributed by atoms with Crippen molar-refractivity contribution in [3.8, 4) is 0 Å². The van der Waals surface area contributed by atoms with Crippen LogP contribution in [-0.4, -0.2) is 50.0 Å². The number of nitrogens with one attached hydrogen (secondary N) is 1. The second kappa shape index (κ2) is 12.9. The highest BCUT2D eigenvalue weighted by molar-refractivity contribution is 9.10. The van der Waals surface area contributed by atoms with Crippen LogP contribution in [0.4, 0.5) is 5.69 Å². The molecule has 192 valence electrons. The third kappa shape index (κ3) is 8.10. The predicted molar refractivity (Wildman–Crippen MR) is 145 cm³/mol. The number of carbonyl (C=O) groups excluding carboxylic acids is 2. The summed E-state index contributed by atoms with van der Waals surface area (Å²) >= 11 is 16.1. The molecule has 7 nitrogen and oxygen atoms in total. The summed E-state index contributed by atoms with van der Waals surface area (Å²) in [5, 5.41) is 3.61. The van der Waals surface area contributed by atoms with Gasteiger partial charge in [0.2, 0.25) is 21.8 Å². The van der Waals surface area contributed by atoms with Crippen LogP contribution in [-0.2, 0) is 26.2 Å². The maximum absolute atomic E-state index is 13.7. The van der Waals surface area contributed by atoms with E-state index in [-0.39, 0.29) is 18.5 Å². The summed E-state index contributed by atoms with van der Waals surface area (Å²) in [6.45, 7) is 5.06. The van der Waals surface area contributed by atoms with Crippen molar-refractivity contribution in [1.29, 1.82) is 0 Å². The van der Waals surface area contributed by atoms with E-state index in [0.29, 0.717) is 32.2 Å². The third-order valence-electron chi connectivity index (χ3n) is 5.55.